The summed E-state index contributed by atoms with van der Waals surface area (Å²) in [7, 11) is 1.87. The van der Waals surface area contributed by atoms with Crippen molar-refractivity contribution in [3.05, 3.63) is 0 Å². The van der Waals surface area contributed by atoms with E-state index >= 15 is 0 Å². The predicted molar refractivity (Wildman–Crippen MR) is 71.0 cm³/mol. The van der Waals surface area contributed by atoms with Crippen LogP contribution >= 0.6 is 0 Å². The molecule has 3 heteroatoms. The zero-order valence-electron chi connectivity index (χ0n) is 11.4. The summed E-state index contributed by atoms with van der Waals surface area (Å²) < 4.78 is 5.68. The van der Waals surface area contributed by atoms with Gasteiger partial charge in [-0.15, -0.1) is 0 Å². The average Bonchev–Trinajstić information content (AvgIpc) is 2.39. The zero-order chi connectivity index (χ0) is 12.3. The number of nitrogens with two attached hydrogens (primary N) is 1. The fourth-order valence-corrected chi connectivity index (χ4v) is 3.56. The molecule has 0 bridgehead atoms. The number of rotatable bonds is 3. The van der Waals surface area contributed by atoms with Gasteiger partial charge in [0.05, 0.1) is 6.10 Å². The van der Waals surface area contributed by atoms with Crippen LogP contribution in [0.1, 0.15) is 39.0 Å². The molecule has 1 saturated carbocycles. The Morgan fingerprint density at radius 1 is 1.24 bits per heavy atom. The number of piperidine rings is 1. The fourth-order valence-electron chi connectivity index (χ4n) is 3.56. The Kier molecular flexibility index (Phi) is 4.83. The summed E-state index contributed by atoms with van der Waals surface area (Å²) in [4.78, 5) is 2.66. The highest BCUT2D eigenvalue weighted by molar-refractivity contribution is 4.89. The molecule has 0 radical (unpaired) electrons. The number of hydrogen-bond donors (Lipinski definition) is 1. The van der Waals surface area contributed by atoms with Gasteiger partial charge in [-0.3, -0.25) is 4.90 Å². The first kappa shape index (κ1) is 13.3. The Labute approximate surface area is 106 Å². The molecule has 2 aliphatic rings. The van der Waals surface area contributed by atoms with E-state index in [4.69, 9.17) is 10.5 Å². The number of nitrogens with zero attached hydrogens (tertiary/aromatic N) is 1. The molecule has 100 valence electrons. The second-order valence-electron chi connectivity index (χ2n) is 5.88. The third-order valence-electron chi connectivity index (χ3n) is 4.89. The van der Waals surface area contributed by atoms with Gasteiger partial charge in [0.15, 0.2) is 0 Å². The zero-order valence-corrected chi connectivity index (χ0v) is 11.4. The maximum absolute atomic E-state index is 5.89. The van der Waals surface area contributed by atoms with Gasteiger partial charge in [-0.05, 0) is 44.2 Å². The van der Waals surface area contributed by atoms with Crippen molar-refractivity contribution in [2.24, 2.45) is 17.6 Å². The van der Waals surface area contributed by atoms with E-state index in [-0.39, 0.29) is 0 Å². The van der Waals surface area contributed by atoms with E-state index in [1.165, 1.54) is 45.2 Å². The molecule has 17 heavy (non-hydrogen) atoms. The summed E-state index contributed by atoms with van der Waals surface area (Å²) in [6, 6.07) is 0.648. The quantitative estimate of drug-likeness (QED) is 0.818. The first-order valence-electron chi connectivity index (χ1n) is 7.23. The number of ether oxygens (including phenoxy) is 1. The molecular formula is C14H28N2O. The van der Waals surface area contributed by atoms with Gasteiger partial charge >= 0.3 is 0 Å². The molecule has 4 unspecified atom stereocenters. The third kappa shape index (κ3) is 3.01. The van der Waals surface area contributed by atoms with Crippen LogP contribution < -0.4 is 5.73 Å². The Hall–Kier alpha value is -0.120. The largest absolute Gasteiger partial charge is 0.380 e. The van der Waals surface area contributed by atoms with Crippen molar-refractivity contribution in [2.45, 2.75) is 51.2 Å². The van der Waals surface area contributed by atoms with Gasteiger partial charge in [0.2, 0.25) is 0 Å². The highest BCUT2D eigenvalue weighted by Gasteiger charge is 2.34. The molecule has 1 saturated heterocycles. The summed E-state index contributed by atoms with van der Waals surface area (Å²) in [6.45, 7) is 5.61. The van der Waals surface area contributed by atoms with Crippen molar-refractivity contribution in [2.75, 3.05) is 26.7 Å². The molecule has 0 aromatic carbocycles. The fraction of sp³-hybridized carbons (Fsp3) is 1.00. The highest BCUT2D eigenvalue weighted by atomic mass is 16.5. The van der Waals surface area contributed by atoms with Crippen molar-refractivity contribution in [1.29, 1.82) is 0 Å². The summed E-state index contributed by atoms with van der Waals surface area (Å²) in [5.74, 6) is 1.48. The van der Waals surface area contributed by atoms with Crippen LogP contribution in [0.25, 0.3) is 0 Å². The molecule has 1 heterocycles. The van der Waals surface area contributed by atoms with Gasteiger partial charge in [-0.1, -0.05) is 19.8 Å². The molecule has 1 aliphatic carbocycles. The van der Waals surface area contributed by atoms with E-state index in [1.54, 1.807) is 0 Å². The van der Waals surface area contributed by atoms with Crippen molar-refractivity contribution in [3.63, 3.8) is 0 Å². The molecular weight excluding hydrogens is 212 g/mol. The Morgan fingerprint density at radius 3 is 2.71 bits per heavy atom. The molecule has 0 aromatic heterocycles. The third-order valence-corrected chi connectivity index (χ3v) is 4.89. The lowest BCUT2D eigenvalue weighted by molar-refractivity contribution is -0.0315. The summed E-state index contributed by atoms with van der Waals surface area (Å²) in [6.07, 6.45) is 7.00. The van der Waals surface area contributed by atoms with Crippen LogP contribution in [0.5, 0.6) is 0 Å². The topological polar surface area (TPSA) is 38.5 Å². The smallest absolute Gasteiger partial charge is 0.0726 e. The van der Waals surface area contributed by atoms with Gasteiger partial charge in [0, 0.05) is 19.7 Å². The van der Waals surface area contributed by atoms with Crippen molar-refractivity contribution in [1.82, 2.24) is 4.90 Å². The number of likely N-dealkylation sites (tertiary alicyclic amines) is 1. The lowest BCUT2D eigenvalue weighted by Crippen LogP contribution is -2.52. The SMILES string of the molecule is COC1CCCCC1N1CCC(C)C(CN)C1. The molecule has 1 aliphatic heterocycles. The van der Waals surface area contributed by atoms with E-state index in [1.807, 2.05) is 7.11 Å². The Bertz CT molecular complexity index is 234. The first-order valence-corrected chi connectivity index (χ1v) is 7.23. The summed E-state index contributed by atoms with van der Waals surface area (Å²) in [5.41, 5.74) is 5.89. The van der Waals surface area contributed by atoms with Gasteiger partial charge < -0.3 is 10.5 Å². The van der Waals surface area contributed by atoms with Crippen molar-refractivity contribution >= 4 is 0 Å². The van der Waals surface area contributed by atoms with E-state index in [0.717, 1.165) is 12.5 Å². The molecule has 2 N–H and O–H groups in total. The lowest BCUT2D eigenvalue weighted by atomic mass is 9.83. The van der Waals surface area contributed by atoms with Crippen molar-refractivity contribution in [3.8, 4) is 0 Å². The highest BCUT2D eigenvalue weighted by Crippen LogP contribution is 2.30. The summed E-state index contributed by atoms with van der Waals surface area (Å²) >= 11 is 0. The number of hydrogen-bond acceptors (Lipinski definition) is 3. The van der Waals surface area contributed by atoms with Gasteiger partial charge in [-0.2, -0.15) is 0 Å². The van der Waals surface area contributed by atoms with Crippen LogP contribution in [-0.4, -0.2) is 43.8 Å². The second kappa shape index (κ2) is 6.17. The number of methoxy groups -OCH3 is 1. The van der Waals surface area contributed by atoms with Crippen molar-refractivity contribution < 1.29 is 4.74 Å². The monoisotopic (exact) mass is 240 g/mol. The van der Waals surface area contributed by atoms with Crippen LogP contribution in [0.15, 0.2) is 0 Å². The maximum Gasteiger partial charge on any atom is 0.0726 e. The van der Waals surface area contributed by atoms with Gasteiger partial charge in [0.25, 0.3) is 0 Å². The predicted octanol–water partition coefficient (Wildman–Crippen LogP) is 1.86. The van der Waals surface area contributed by atoms with E-state index in [2.05, 4.69) is 11.8 Å². The maximum atomic E-state index is 5.89. The van der Waals surface area contributed by atoms with Crippen LogP contribution in [0.2, 0.25) is 0 Å². The van der Waals surface area contributed by atoms with E-state index in [9.17, 15) is 0 Å². The van der Waals surface area contributed by atoms with E-state index < -0.39 is 0 Å². The lowest BCUT2D eigenvalue weighted by Gasteiger charge is -2.45. The molecule has 0 amide bonds. The molecule has 4 atom stereocenters. The van der Waals surface area contributed by atoms with Crippen LogP contribution in [0.3, 0.4) is 0 Å². The second-order valence-corrected chi connectivity index (χ2v) is 5.88. The van der Waals surface area contributed by atoms with Crippen LogP contribution in [0, 0.1) is 11.8 Å². The minimum absolute atomic E-state index is 0.454. The summed E-state index contributed by atoms with van der Waals surface area (Å²) in [5, 5.41) is 0. The Balaban J connectivity index is 1.96. The van der Waals surface area contributed by atoms with Gasteiger partial charge in [-0.25, -0.2) is 0 Å². The molecule has 2 rings (SSSR count). The standard InChI is InChI=1S/C14H28N2O/c1-11-7-8-16(10-12(11)9-15)13-5-3-4-6-14(13)17-2/h11-14H,3-10,15H2,1-2H3. The average molecular weight is 240 g/mol. The Morgan fingerprint density at radius 2 is 2.00 bits per heavy atom. The molecule has 2 fully saturated rings. The first-order chi connectivity index (χ1) is 8.26. The molecule has 0 aromatic rings. The molecule has 3 nitrogen and oxygen atoms in total. The minimum Gasteiger partial charge on any atom is -0.380 e. The van der Waals surface area contributed by atoms with E-state index in [0.29, 0.717) is 18.1 Å². The molecule has 0 spiro atoms. The van der Waals surface area contributed by atoms with Crippen LogP contribution in [-0.2, 0) is 4.74 Å². The normalized spacial score (nSPS) is 40.4. The minimum atomic E-state index is 0.454. The van der Waals surface area contributed by atoms with Crippen LogP contribution in [0.4, 0.5) is 0 Å². The van der Waals surface area contributed by atoms with Gasteiger partial charge in [0.1, 0.15) is 0 Å².